The molecule has 0 saturated carbocycles. The van der Waals surface area contributed by atoms with Gasteiger partial charge < -0.3 is 18.9 Å². The third kappa shape index (κ3) is 8.09. The maximum absolute atomic E-state index is 9.94. The zero-order valence-corrected chi connectivity index (χ0v) is 43.7. The molecular weight excluding hydrogens is 1020 g/mol. The van der Waals surface area contributed by atoms with Crippen LogP contribution in [0.4, 0.5) is 0 Å². The summed E-state index contributed by atoms with van der Waals surface area (Å²) in [7, 11) is -1.50. The second-order valence-electron chi connectivity index (χ2n) is 19.7. The van der Waals surface area contributed by atoms with Crippen LogP contribution in [0.25, 0.3) is 142 Å². The summed E-state index contributed by atoms with van der Waals surface area (Å²) >= 11 is 3.53. The average molecular weight is 1070 g/mol. The Kier molecular flexibility index (Phi) is 11.9. The van der Waals surface area contributed by atoms with Crippen LogP contribution in [0, 0.1) is 0 Å². The first-order valence-electron chi connectivity index (χ1n) is 26.1. The first kappa shape index (κ1) is 47.2. The van der Waals surface area contributed by atoms with Crippen LogP contribution in [0.15, 0.2) is 280 Å². The third-order valence-corrected chi connectivity index (χ3v) is 15.8. The molecule has 0 spiro atoms. The lowest BCUT2D eigenvalue weighted by Crippen LogP contribution is -2.31. The van der Waals surface area contributed by atoms with Crippen molar-refractivity contribution in [1.29, 1.82) is 0 Å². The molecule has 0 saturated heterocycles. The molecule has 2 N–H and O–H groups in total. The summed E-state index contributed by atoms with van der Waals surface area (Å²) in [6.45, 7) is 0. The Hall–Kier alpha value is -9.30. The van der Waals surface area contributed by atoms with Gasteiger partial charge in [0.2, 0.25) is 0 Å². The zero-order chi connectivity index (χ0) is 52.3. The molecule has 0 amide bonds. The van der Waals surface area contributed by atoms with Crippen molar-refractivity contribution in [2.75, 3.05) is 0 Å². The molecule has 0 bridgehead atoms. The van der Waals surface area contributed by atoms with Crippen LogP contribution >= 0.6 is 15.9 Å². The Morgan fingerprint density at radius 3 is 1.04 bits per heavy atom. The quantitative estimate of drug-likeness (QED) is 0.136. The number of hydrogen-bond donors (Lipinski definition) is 2. The second kappa shape index (κ2) is 19.7. The predicted octanol–water partition coefficient (Wildman–Crippen LogP) is 19.2. The molecule has 78 heavy (non-hydrogen) atoms. The molecule has 14 aromatic carbocycles. The van der Waals surface area contributed by atoms with Crippen molar-refractivity contribution in [2.45, 2.75) is 0 Å². The Morgan fingerprint density at radius 1 is 0.269 bits per heavy atom. The molecule has 2 heterocycles. The van der Waals surface area contributed by atoms with E-state index in [1.54, 1.807) is 0 Å². The molecule has 0 aliphatic heterocycles. The number of halogens is 1. The lowest BCUT2D eigenvalue weighted by Gasteiger charge is -2.17. The van der Waals surface area contributed by atoms with Crippen LogP contribution in [0.2, 0.25) is 0 Å². The van der Waals surface area contributed by atoms with Crippen LogP contribution < -0.4 is 5.46 Å². The molecule has 0 unspecified atom stereocenters. The van der Waals surface area contributed by atoms with E-state index in [9.17, 15) is 10.0 Å². The van der Waals surface area contributed by atoms with Crippen LogP contribution in [-0.2, 0) is 0 Å². The molecule has 0 fully saturated rings. The summed E-state index contributed by atoms with van der Waals surface area (Å²) in [5, 5.41) is 38.4. The second-order valence-corrected chi connectivity index (χ2v) is 20.6. The van der Waals surface area contributed by atoms with Crippen molar-refractivity contribution >= 4 is 137 Å². The van der Waals surface area contributed by atoms with E-state index in [0.717, 1.165) is 70.2 Å². The van der Waals surface area contributed by atoms with E-state index in [1.165, 1.54) is 76.1 Å². The number of fused-ring (bicyclic) bond motifs is 14. The van der Waals surface area contributed by atoms with E-state index < -0.39 is 7.12 Å². The maximum atomic E-state index is 9.94. The molecule has 6 heteroatoms. The lowest BCUT2D eigenvalue weighted by molar-refractivity contribution is 0.426. The van der Waals surface area contributed by atoms with Crippen LogP contribution in [0.5, 0.6) is 0 Å². The summed E-state index contributed by atoms with van der Waals surface area (Å²) in [6, 6.07) is 92.5. The fraction of sp³-hybridized carbons (Fsp3) is 0. The fourth-order valence-corrected chi connectivity index (χ4v) is 12.3. The standard InChI is InChI=1S/C36H22O.C20H15BO2.C16H9BrO/c1-2-11-24(12-3-1)34-27-14-6-8-16-29(27)35(30-17-9-7-15-28(30)34)25-19-20-32-31(22-25)36-26-13-5-4-10-23(26)18-21-33(36)37-32;22-21(23)20-17-12-6-4-10-15(17)19(14-8-2-1-3-9-14)16-11-5-7-13-18(16)20;17-11-6-8-14-13(9-11)16-12-4-2-1-3-10(12)5-7-15(16)18-14/h1-22H;1-13,22-23H;1-9H. The van der Waals surface area contributed by atoms with Crippen molar-refractivity contribution in [1.82, 2.24) is 0 Å². The Labute approximate surface area is 457 Å². The van der Waals surface area contributed by atoms with Gasteiger partial charge in [-0.05, 0) is 146 Å². The molecule has 368 valence electrons. The van der Waals surface area contributed by atoms with Crippen molar-refractivity contribution in [3.63, 3.8) is 0 Å². The van der Waals surface area contributed by atoms with Crippen molar-refractivity contribution < 1.29 is 18.9 Å². The minimum atomic E-state index is -1.50. The highest BCUT2D eigenvalue weighted by molar-refractivity contribution is 9.10. The summed E-state index contributed by atoms with van der Waals surface area (Å²) in [5.74, 6) is 0. The summed E-state index contributed by atoms with van der Waals surface area (Å²) in [6.07, 6.45) is 0. The summed E-state index contributed by atoms with van der Waals surface area (Å²) in [5.41, 5.74) is 11.5. The first-order chi connectivity index (χ1) is 38.5. The largest absolute Gasteiger partial charge is 0.489 e. The minimum absolute atomic E-state index is 0.566. The summed E-state index contributed by atoms with van der Waals surface area (Å²) < 4.78 is 13.3. The average Bonchev–Trinajstić information content (AvgIpc) is 4.13. The monoisotopic (exact) mass is 1060 g/mol. The van der Waals surface area contributed by atoms with Crippen LogP contribution in [0.3, 0.4) is 0 Å². The van der Waals surface area contributed by atoms with Gasteiger partial charge in [0.15, 0.2) is 0 Å². The van der Waals surface area contributed by atoms with E-state index in [2.05, 4.69) is 198 Å². The highest BCUT2D eigenvalue weighted by atomic mass is 79.9. The Balaban J connectivity index is 0.000000115. The van der Waals surface area contributed by atoms with Gasteiger partial charge in [0.25, 0.3) is 0 Å². The smallest absolute Gasteiger partial charge is 0.456 e. The van der Waals surface area contributed by atoms with Gasteiger partial charge in [0.05, 0.1) is 0 Å². The van der Waals surface area contributed by atoms with E-state index in [4.69, 9.17) is 8.83 Å². The fourth-order valence-electron chi connectivity index (χ4n) is 11.9. The number of furan rings is 2. The molecule has 16 rings (SSSR count). The van der Waals surface area contributed by atoms with E-state index in [-0.39, 0.29) is 0 Å². The highest BCUT2D eigenvalue weighted by Gasteiger charge is 2.23. The van der Waals surface area contributed by atoms with E-state index >= 15 is 0 Å². The van der Waals surface area contributed by atoms with Gasteiger partial charge in [-0.1, -0.05) is 240 Å². The molecule has 0 aliphatic rings. The third-order valence-electron chi connectivity index (χ3n) is 15.3. The Bertz CT molecular complexity index is 4850. The normalized spacial score (nSPS) is 11.5. The first-order valence-corrected chi connectivity index (χ1v) is 26.9. The molecule has 2 aromatic heterocycles. The summed E-state index contributed by atoms with van der Waals surface area (Å²) in [4.78, 5) is 0. The molecule has 16 aromatic rings. The van der Waals surface area contributed by atoms with Gasteiger partial charge in [-0.2, -0.15) is 0 Å². The van der Waals surface area contributed by atoms with Crippen molar-refractivity contribution in [2.24, 2.45) is 0 Å². The minimum Gasteiger partial charge on any atom is -0.456 e. The molecule has 0 radical (unpaired) electrons. The maximum Gasteiger partial charge on any atom is 0.489 e. The van der Waals surface area contributed by atoms with Crippen molar-refractivity contribution in [3.8, 4) is 33.4 Å². The van der Waals surface area contributed by atoms with Gasteiger partial charge >= 0.3 is 7.12 Å². The van der Waals surface area contributed by atoms with Gasteiger partial charge in [-0.25, -0.2) is 0 Å². The molecule has 0 aliphatic carbocycles. The number of hydrogen-bond acceptors (Lipinski definition) is 4. The van der Waals surface area contributed by atoms with Gasteiger partial charge in [-0.3, -0.25) is 0 Å². The lowest BCUT2D eigenvalue weighted by atomic mass is 9.72. The van der Waals surface area contributed by atoms with Crippen LogP contribution in [0.1, 0.15) is 0 Å². The Morgan fingerprint density at radius 2 is 0.603 bits per heavy atom. The van der Waals surface area contributed by atoms with Crippen LogP contribution in [-0.4, -0.2) is 17.2 Å². The highest BCUT2D eigenvalue weighted by Crippen LogP contribution is 2.46. The van der Waals surface area contributed by atoms with Crippen molar-refractivity contribution in [3.05, 3.63) is 271 Å². The van der Waals surface area contributed by atoms with Gasteiger partial charge in [-0.15, -0.1) is 0 Å². The van der Waals surface area contributed by atoms with Gasteiger partial charge in [0, 0.05) is 26.0 Å². The predicted molar refractivity (Wildman–Crippen MR) is 333 cm³/mol. The number of benzene rings is 14. The molecule has 0 atom stereocenters. The van der Waals surface area contributed by atoms with E-state index in [0.29, 0.717) is 5.46 Å². The molecular formula is C72H46BBrO4. The van der Waals surface area contributed by atoms with E-state index in [1.807, 2.05) is 84.9 Å². The SMILES string of the molecule is Brc1ccc2oc3ccc4ccccc4c3c2c1.OB(O)c1c2ccccc2c(-c2ccccc2)c2ccccc12.c1ccc(-c2c3ccccc3c(-c3ccc4oc5ccc6ccccc6c5c4c3)c3ccccc23)cc1. The topological polar surface area (TPSA) is 66.7 Å². The van der Waals surface area contributed by atoms with Gasteiger partial charge in [0.1, 0.15) is 22.3 Å². The zero-order valence-electron chi connectivity index (χ0n) is 42.1. The number of rotatable bonds is 4. The molecule has 4 nitrogen and oxygen atoms in total.